The molecule has 0 bridgehead atoms. The summed E-state index contributed by atoms with van der Waals surface area (Å²) < 4.78 is 0. The van der Waals surface area contributed by atoms with Gasteiger partial charge in [0.25, 0.3) is 0 Å². The molecule has 0 heterocycles. The van der Waals surface area contributed by atoms with Gasteiger partial charge in [-0.3, -0.25) is 4.79 Å². The van der Waals surface area contributed by atoms with Crippen LogP contribution in [0.15, 0.2) is 24.3 Å². The summed E-state index contributed by atoms with van der Waals surface area (Å²) in [6, 6.07) is 8.90. The van der Waals surface area contributed by atoms with Crippen LogP contribution in [0.3, 0.4) is 0 Å². The minimum absolute atomic E-state index is 0.195. The largest absolute Gasteiger partial charge is 0.481 e. The Morgan fingerprint density at radius 3 is 2.52 bits per heavy atom. The van der Waals surface area contributed by atoms with E-state index in [1.807, 2.05) is 0 Å². The van der Waals surface area contributed by atoms with Gasteiger partial charge in [0.05, 0.1) is 6.42 Å². The SMILES string of the molecule is Cc1ccc(N(CCC(=O)O)C2CCCCC2(C)C)cc1. The Bertz CT molecular complexity index is 478. The van der Waals surface area contributed by atoms with E-state index in [0.29, 0.717) is 12.6 Å². The molecule has 21 heavy (non-hydrogen) atoms. The van der Waals surface area contributed by atoms with Gasteiger partial charge in [-0.25, -0.2) is 0 Å². The number of aliphatic carboxylic acids is 1. The highest BCUT2D eigenvalue weighted by molar-refractivity contribution is 5.67. The zero-order valence-corrected chi connectivity index (χ0v) is 13.4. The summed E-state index contributed by atoms with van der Waals surface area (Å²) in [6.07, 6.45) is 5.09. The summed E-state index contributed by atoms with van der Waals surface area (Å²) in [7, 11) is 0. The fraction of sp³-hybridized carbons (Fsp3) is 0.611. The molecule has 1 aliphatic carbocycles. The van der Waals surface area contributed by atoms with Crippen LogP contribution in [-0.2, 0) is 4.79 Å². The topological polar surface area (TPSA) is 40.5 Å². The molecule has 1 atom stereocenters. The van der Waals surface area contributed by atoms with Crippen molar-refractivity contribution in [2.45, 2.75) is 58.9 Å². The minimum atomic E-state index is -0.722. The molecule has 0 amide bonds. The summed E-state index contributed by atoms with van der Waals surface area (Å²) in [5.41, 5.74) is 2.63. The van der Waals surface area contributed by atoms with Crippen LogP contribution in [0, 0.1) is 12.3 Å². The molecule has 0 aromatic heterocycles. The zero-order valence-electron chi connectivity index (χ0n) is 13.4. The molecule has 1 aromatic carbocycles. The normalized spacial score (nSPS) is 21.0. The van der Waals surface area contributed by atoms with E-state index in [1.165, 1.54) is 24.8 Å². The summed E-state index contributed by atoms with van der Waals surface area (Å²) in [6.45, 7) is 7.31. The Morgan fingerprint density at radius 1 is 1.29 bits per heavy atom. The van der Waals surface area contributed by atoms with E-state index in [4.69, 9.17) is 5.11 Å². The molecule has 2 rings (SSSR count). The summed E-state index contributed by atoms with van der Waals surface area (Å²) in [4.78, 5) is 13.3. The predicted molar refractivity (Wildman–Crippen MR) is 86.8 cm³/mol. The second-order valence-corrected chi connectivity index (χ2v) is 6.92. The van der Waals surface area contributed by atoms with E-state index in [9.17, 15) is 4.79 Å². The molecule has 1 N–H and O–H groups in total. The Hall–Kier alpha value is -1.51. The molecular formula is C18H27NO2. The van der Waals surface area contributed by atoms with Crippen LogP contribution in [-0.4, -0.2) is 23.7 Å². The van der Waals surface area contributed by atoms with Gasteiger partial charge >= 0.3 is 5.97 Å². The van der Waals surface area contributed by atoms with Crippen molar-refractivity contribution in [2.24, 2.45) is 5.41 Å². The smallest absolute Gasteiger partial charge is 0.305 e. The van der Waals surface area contributed by atoms with Crippen molar-refractivity contribution >= 4 is 11.7 Å². The lowest BCUT2D eigenvalue weighted by molar-refractivity contribution is -0.136. The maximum Gasteiger partial charge on any atom is 0.305 e. The van der Waals surface area contributed by atoms with Crippen molar-refractivity contribution in [1.29, 1.82) is 0 Å². The maximum atomic E-state index is 11.0. The molecule has 3 heteroatoms. The lowest BCUT2D eigenvalue weighted by Gasteiger charge is -2.46. The molecule has 1 unspecified atom stereocenters. The first-order valence-corrected chi connectivity index (χ1v) is 7.95. The van der Waals surface area contributed by atoms with E-state index in [-0.39, 0.29) is 11.8 Å². The highest BCUT2D eigenvalue weighted by atomic mass is 16.4. The minimum Gasteiger partial charge on any atom is -0.481 e. The Kier molecular flexibility index (Phi) is 4.92. The second kappa shape index (κ2) is 6.50. The van der Waals surface area contributed by atoms with Gasteiger partial charge in [0.15, 0.2) is 0 Å². The van der Waals surface area contributed by atoms with Crippen LogP contribution in [0.2, 0.25) is 0 Å². The van der Waals surface area contributed by atoms with Gasteiger partial charge in [0.1, 0.15) is 0 Å². The molecule has 0 spiro atoms. The molecule has 1 aliphatic rings. The lowest BCUT2D eigenvalue weighted by Crippen LogP contribution is -2.48. The van der Waals surface area contributed by atoms with Gasteiger partial charge in [-0.05, 0) is 37.3 Å². The monoisotopic (exact) mass is 289 g/mol. The fourth-order valence-electron chi connectivity index (χ4n) is 3.47. The number of nitrogens with zero attached hydrogens (tertiary/aromatic N) is 1. The van der Waals surface area contributed by atoms with Crippen molar-refractivity contribution in [1.82, 2.24) is 0 Å². The van der Waals surface area contributed by atoms with Crippen molar-refractivity contribution in [3.05, 3.63) is 29.8 Å². The van der Waals surface area contributed by atoms with Gasteiger partial charge in [0, 0.05) is 18.3 Å². The molecule has 1 saturated carbocycles. The third kappa shape index (κ3) is 3.99. The molecule has 116 valence electrons. The number of rotatable bonds is 5. The van der Waals surface area contributed by atoms with Gasteiger partial charge < -0.3 is 10.0 Å². The first-order valence-electron chi connectivity index (χ1n) is 7.95. The highest BCUT2D eigenvalue weighted by Crippen LogP contribution is 2.40. The predicted octanol–water partition coefficient (Wildman–Crippen LogP) is 4.24. The van der Waals surface area contributed by atoms with Crippen LogP contribution >= 0.6 is 0 Å². The van der Waals surface area contributed by atoms with Crippen LogP contribution in [0.5, 0.6) is 0 Å². The van der Waals surface area contributed by atoms with Crippen molar-refractivity contribution in [2.75, 3.05) is 11.4 Å². The number of anilines is 1. The average Bonchev–Trinajstić information content (AvgIpc) is 2.41. The number of carboxylic acid groups (broad SMARTS) is 1. The van der Waals surface area contributed by atoms with E-state index >= 15 is 0 Å². The molecule has 0 aliphatic heterocycles. The van der Waals surface area contributed by atoms with Crippen molar-refractivity contribution in [3.63, 3.8) is 0 Å². The third-order valence-corrected chi connectivity index (χ3v) is 4.76. The second-order valence-electron chi connectivity index (χ2n) is 6.92. The van der Waals surface area contributed by atoms with Gasteiger partial charge in [0.2, 0.25) is 0 Å². The van der Waals surface area contributed by atoms with Gasteiger partial charge in [-0.1, -0.05) is 44.4 Å². The van der Waals surface area contributed by atoms with E-state index in [1.54, 1.807) is 0 Å². The van der Waals surface area contributed by atoms with Crippen LogP contribution in [0.4, 0.5) is 5.69 Å². The van der Waals surface area contributed by atoms with E-state index in [2.05, 4.69) is 49.9 Å². The Morgan fingerprint density at radius 2 is 1.95 bits per heavy atom. The first kappa shape index (κ1) is 15.9. The van der Waals surface area contributed by atoms with Crippen LogP contribution in [0.1, 0.15) is 51.5 Å². The fourth-order valence-corrected chi connectivity index (χ4v) is 3.47. The maximum absolute atomic E-state index is 11.0. The number of hydrogen-bond acceptors (Lipinski definition) is 2. The molecule has 0 saturated heterocycles. The summed E-state index contributed by atoms with van der Waals surface area (Å²) in [5.74, 6) is -0.722. The number of aryl methyl sites for hydroxylation is 1. The number of carbonyl (C=O) groups is 1. The quantitative estimate of drug-likeness (QED) is 0.881. The summed E-state index contributed by atoms with van der Waals surface area (Å²) >= 11 is 0. The van der Waals surface area contributed by atoms with Gasteiger partial charge in [-0.15, -0.1) is 0 Å². The van der Waals surface area contributed by atoms with E-state index in [0.717, 1.165) is 12.1 Å². The number of carboxylic acids is 1. The van der Waals surface area contributed by atoms with Crippen LogP contribution in [0.25, 0.3) is 0 Å². The molecular weight excluding hydrogens is 262 g/mol. The highest BCUT2D eigenvalue weighted by Gasteiger charge is 2.36. The van der Waals surface area contributed by atoms with Crippen molar-refractivity contribution < 1.29 is 9.90 Å². The number of hydrogen-bond donors (Lipinski definition) is 1. The van der Waals surface area contributed by atoms with Crippen LogP contribution < -0.4 is 4.90 Å². The van der Waals surface area contributed by atoms with Gasteiger partial charge in [-0.2, -0.15) is 0 Å². The number of benzene rings is 1. The van der Waals surface area contributed by atoms with E-state index < -0.39 is 5.97 Å². The Balaban J connectivity index is 2.26. The zero-order chi connectivity index (χ0) is 15.5. The molecule has 1 aromatic rings. The third-order valence-electron chi connectivity index (χ3n) is 4.76. The molecule has 3 nitrogen and oxygen atoms in total. The van der Waals surface area contributed by atoms with Crippen molar-refractivity contribution in [3.8, 4) is 0 Å². The average molecular weight is 289 g/mol. The standard InChI is InChI=1S/C18H27NO2/c1-14-7-9-15(10-8-14)19(13-11-17(20)21)16-6-4-5-12-18(16,2)3/h7-10,16H,4-6,11-13H2,1-3H3,(H,20,21). The first-order chi connectivity index (χ1) is 9.90. The molecule has 0 radical (unpaired) electrons. The Labute approximate surface area is 128 Å². The summed E-state index contributed by atoms with van der Waals surface area (Å²) in [5, 5.41) is 9.06. The molecule has 1 fully saturated rings. The lowest BCUT2D eigenvalue weighted by atomic mass is 9.72.